The Morgan fingerprint density at radius 3 is 2.63 bits per heavy atom. The zero-order chi connectivity index (χ0) is 21.3. The van der Waals surface area contributed by atoms with E-state index in [1.54, 1.807) is 19.2 Å². The smallest absolute Gasteiger partial charge is 0.269 e. The highest BCUT2D eigenvalue weighted by Gasteiger charge is 2.18. The molecule has 2 aromatic carbocycles. The van der Waals surface area contributed by atoms with Crippen LogP contribution in [0, 0.1) is 10.1 Å². The van der Waals surface area contributed by atoms with E-state index in [4.69, 9.17) is 4.74 Å². The molecule has 0 saturated carbocycles. The maximum Gasteiger partial charge on any atom is 0.269 e. The number of aromatic amines is 1. The quantitative estimate of drug-likeness (QED) is 0.359. The molecule has 0 atom stereocenters. The van der Waals surface area contributed by atoms with Gasteiger partial charge in [-0.1, -0.05) is 31.2 Å². The molecule has 152 valence electrons. The lowest BCUT2D eigenvalue weighted by atomic mass is 10.0. The summed E-state index contributed by atoms with van der Waals surface area (Å²) in [6.07, 6.45) is 1.17. The van der Waals surface area contributed by atoms with E-state index in [-0.39, 0.29) is 11.2 Å². The van der Waals surface area contributed by atoms with Gasteiger partial charge in [-0.2, -0.15) is 0 Å². The van der Waals surface area contributed by atoms with Gasteiger partial charge in [-0.25, -0.2) is 4.98 Å². The predicted octanol–water partition coefficient (Wildman–Crippen LogP) is 4.72. The molecule has 0 radical (unpaired) electrons. The maximum absolute atomic E-state index is 13.0. The SMILES string of the molecule is CCc1sc2nc(Cc3ccc([N+](=O)[O-])cc3)[nH]c(=O)c2c1-c1cccc(OC)c1. The van der Waals surface area contributed by atoms with Crippen molar-refractivity contribution >= 4 is 27.2 Å². The van der Waals surface area contributed by atoms with Gasteiger partial charge in [-0.3, -0.25) is 14.9 Å². The molecule has 4 rings (SSSR count). The molecule has 0 amide bonds. The molecule has 30 heavy (non-hydrogen) atoms. The molecule has 8 heteroatoms. The number of thiophene rings is 1. The summed E-state index contributed by atoms with van der Waals surface area (Å²) in [5.74, 6) is 1.26. The van der Waals surface area contributed by atoms with Gasteiger partial charge >= 0.3 is 0 Å². The summed E-state index contributed by atoms with van der Waals surface area (Å²) in [7, 11) is 1.62. The van der Waals surface area contributed by atoms with E-state index in [9.17, 15) is 14.9 Å². The number of ether oxygens (including phenoxy) is 1. The first-order chi connectivity index (χ1) is 14.5. The third kappa shape index (κ3) is 3.69. The number of aryl methyl sites for hydroxylation is 1. The molecular weight excluding hydrogens is 402 g/mol. The number of rotatable bonds is 6. The Morgan fingerprint density at radius 1 is 1.20 bits per heavy atom. The predicted molar refractivity (Wildman–Crippen MR) is 118 cm³/mol. The fraction of sp³-hybridized carbons (Fsp3) is 0.182. The van der Waals surface area contributed by atoms with Crippen molar-refractivity contribution in [1.82, 2.24) is 9.97 Å². The van der Waals surface area contributed by atoms with Gasteiger partial charge in [-0.15, -0.1) is 11.3 Å². The van der Waals surface area contributed by atoms with E-state index in [0.717, 1.165) is 33.7 Å². The van der Waals surface area contributed by atoms with Crippen LogP contribution in [0.4, 0.5) is 5.69 Å². The number of hydrogen-bond acceptors (Lipinski definition) is 6. The lowest BCUT2D eigenvalue weighted by molar-refractivity contribution is -0.384. The van der Waals surface area contributed by atoms with Gasteiger partial charge in [0, 0.05) is 29.0 Å². The molecule has 0 unspecified atom stereocenters. The van der Waals surface area contributed by atoms with Crippen molar-refractivity contribution in [2.45, 2.75) is 19.8 Å². The number of nitro groups is 1. The third-order valence-electron chi connectivity index (χ3n) is 4.88. The maximum atomic E-state index is 13.0. The molecule has 0 spiro atoms. The Balaban J connectivity index is 1.78. The van der Waals surface area contributed by atoms with Gasteiger partial charge in [0.15, 0.2) is 0 Å². The number of methoxy groups -OCH3 is 1. The topological polar surface area (TPSA) is 98.1 Å². The van der Waals surface area contributed by atoms with E-state index < -0.39 is 4.92 Å². The highest BCUT2D eigenvalue weighted by atomic mass is 32.1. The van der Waals surface area contributed by atoms with Crippen LogP contribution in [0.5, 0.6) is 5.75 Å². The van der Waals surface area contributed by atoms with Crippen LogP contribution in [0.15, 0.2) is 53.3 Å². The Morgan fingerprint density at radius 2 is 1.97 bits per heavy atom. The number of H-pyrrole nitrogens is 1. The Bertz CT molecular complexity index is 1290. The number of nitro benzene ring substituents is 1. The highest BCUT2D eigenvalue weighted by molar-refractivity contribution is 7.19. The normalized spacial score (nSPS) is 11.0. The summed E-state index contributed by atoms with van der Waals surface area (Å²) in [6.45, 7) is 2.06. The molecule has 0 aliphatic heterocycles. The summed E-state index contributed by atoms with van der Waals surface area (Å²) in [5.41, 5.74) is 2.50. The van der Waals surface area contributed by atoms with Gasteiger partial charge in [0.25, 0.3) is 11.2 Å². The van der Waals surface area contributed by atoms with Crippen molar-refractivity contribution in [3.8, 4) is 16.9 Å². The molecule has 7 nitrogen and oxygen atoms in total. The van der Waals surface area contributed by atoms with Crippen LogP contribution < -0.4 is 10.3 Å². The van der Waals surface area contributed by atoms with Gasteiger partial charge < -0.3 is 9.72 Å². The number of aromatic nitrogens is 2. The first-order valence-electron chi connectivity index (χ1n) is 9.42. The molecule has 0 aliphatic rings. The van der Waals surface area contributed by atoms with Crippen molar-refractivity contribution < 1.29 is 9.66 Å². The molecule has 2 aromatic heterocycles. The van der Waals surface area contributed by atoms with Crippen molar-refractivity contribution in [2.24, 2.45) is 0 Å². The van der Waals surface area contributed by atoms with Crippen LogP contribution in [0.25, 0.3) is 21.3 Å². The van der Waals surface area contributed by atoms with Gasteiger partial charge in [0.05, 0.1) is 17.4 Å². The van der Waals surface area contributed by atoms with Gasteiger partial charge in [-0.05, 0) is 29.7 Å². The molecule has 0 bridgehead atoms. The van der Waals surface area contributed by atoms with Crippen LogP contribution in [0.3, 0.4) is 0 Å². The zero-order valence-corrected chi connectivity index (χ0v) is 17.3. The average Bonchev–Trinajstić information content (AvgIpc) is 3.13. The van der Waals surface area contributed by atoms with Crippen molar-refractivity contribution in [3.05, 3.63) is 85.3 Å². The number of fused-ring (bicyclic) bond motifs is 1. The summed E-state index contributed by atoms with van der Waals surface area (Å²) in [6, 6.07) is 13.9. The minimum atomic E-state index is -0.437. The molecule has 4 aromatic rings. The molecule has 0 fully saturated rings. The summed E-state index contributed by atoms with van der Waals surface area (Å²) in [5, 5.41) is 11.4. The van der Waals surface area contributed by atoms with E-state index in [2.05, 4.69) is 16.9 Å². The van der Waals surface area contributed by atoms with Gasteiger partial charge in [0.2, 0.25) is 0 Å². The second-order valence-corrected chi connectivity index (χ2v) is 7.86. The van der Waals surface area contributed by atoms with Crippen molar-refractivity contribution in [3.63, 3.8) is 0 Å². The summed E-state index contributed by atoms with van der Waals surface area (Å²) >= 11 is 1.52. The highest BCUT2D eigenvalue weighted by Crippen LogP contribution is 2.37. The average molecular weight is 421 g/mol. The van der Waals surface area contributed by atoms with Gasteiger partial charge in [0.1, 0.15) is 16.4 Å². The van der Waals surface area contributed by atoms with E-state index in [1.165, 1.54) is 23.5 Å². The second-order valence-electron chi connectivity index (χ2n) is 6.78. The fourth-order valence-corrected chi connectivity index (χ4v) is 4.60. The standard InChI is InChI=1S/C22H19N3O4S/c1-3-17-19(14-5-4-6-16(12-14)29-2)20-21(26)23-18(24-22(20)30-17)11-13-7-9-15(10-8-13)25(27)28/h4-10,12H,3,11H2,1-2H3,(H,23,24,26). The Kier molecular flexibility index (Phi) is 5.33. The number of hydrogen-bond donors (Lipinski definition) is 1. The largest absolute Gasteiger partial charge is 0.497 e. The number of benzene rings is 2. The third-order valence-corrected chi connectivity index (χ3v) is 6.11. The van der Waals surface area contributed by atoms with Crippen LogP contribution in [0.1, 0.15) is 23.2 Å². The molecule has 0 saturated heterocycles. The van der Waals surface area contributed by atoms with Crippen LogP contribution in [0.2, 0.25) is 0 Å². The first-order valence-corrected chi connectivity index (χ1v) is 10.2. The Hall–Kier alpha value is -3.52. The minimum absolute atomic E-state index is 0.0319. The number of nitrogens with zero attached hydrogens (tertiary/aromatic N) is 2. The van der Waals surface area contributed by atoms with E-state index >= 15 is 0 Å². The fourth-order valence-electron chi connectivity index (χ4n) is 3.44. The molecule has 0 aliphatic carbocycles. The number of nitrogens with one attached hydrogen (secondary N) is 1. The Labute approximate surface area is 176 Å². The lowest BCUT2D eigenvalue weighted by Gasteiger charge is -2.06. The van der Waals surface area contributed by atoms with Crippen LogP contribution >= 0.6 is 11.3 Å². The molecular formula is C22H19N3O4S. The van der Waals surface area contributed by atoms with Crippen molar-refractivity contribution in [2.75, 3.05) is 7.11 Å². The molecule has 2 heterocycles. The summed E-state index contributed by atoms with van der Waals surface area (Å²) < 4.78 is 5.34. The first kappa shape index (κ1) is 19.8. The van der Waals surface area contributed by atoms with Crippen molar-refractivity contribution in [1.29, 1.82) is 0 Å². The van der Waals surface area contributed by atoms with E-state index in [0.29, 0.717) is 22.5 Å². The number of non-ortho nitro benzene ring substituents is 1. The molecule has 1 N–H and O–H groups in total. The van der Waals surface area contributed by atoms with Crippen LogP contribution in [-0.4, -0.2) is 22.0 Å². The lowest BCUT2D eigenvalue weighted by Crippen LogP contribution is -2.12. The minimum Gasteiger partial charge on any atom is -0.497 e. The van der Waals surface area contributed by atoms with E-state index in [1.807, 2.05) is 24.3 Å². The second kappa shape index (κ2) is 8.08. The zero-order valence-electron chi connectivity index (χ0n) is 16.5. The van der Waals surface area contributed by atoms with Crippen LogP contribution in [-0.2, 0) is 12.8 Å². The monoisotopic (exact) mass is 421 g/mol. The summed E-state index contributed by atoms with van der Waals surface area (Å²) in [4.78, 5) is 32.7.